The summed E-state index contributed by atoms with van der Waals surface area (Å²) in [6, 6.07) is 7.92. The molecule has 0 saturated heterocycles. The molecule has 1 radical (unpaired) electrons. The van der Waals surface area contributed by atoms with Gasteiger partial charge in [0.05, 0.1) is 6.61 Å². The van der Waals surface area contributed by atoms with Crippen molar-refractivity contribution in [2.24, 2.45) is 0 Å². The monoisotopic (exact) mass is 122 g/mol. The minimum absolute atomic E-state index is 0.0107. The largest absolute Gasteiger partial charge is 0.398 e. The van der Waals surface area contributed by atoms with Crippen LogP contribution in [-0.2, 0) is 6.61 Å². The Hall–Kier alpha value is -1.02. The molecule has 9 heavy (non-hydrogen) atoms. The van der Waals surface area contributed by atoms with Crippen LogP contribution in [0.5, 0.6) is 0 Å². The van der Waals surface area contributed by atoms with Crippen LogP contribution in [0.1, 0.15) is 5.56 Å². The maximum atomic E-state index is 8.62. The van der Waals surface area contributed by atoms with Gasteiger partial charge in [-0.15, -0.1) is 0 Å². The second-order valence-electron chi connectivity index (χ2n) is 1.78. The molecule has 0 aliphatic heterocycles. The van der Waals surface area contributed by atoms with Crippen LogP contribution >= 0.6 is 0 Å². The zero-order valence-electron chi connectivity index (χ0n) is 4.96. The van der Waals surface area contributed by atoms with E-state index >= 15 is 0 Å². The highest BCUT2D eigenvalue weighted by molar-refractivity contribution is 5.45. The van der Waals surface area contributed by atoms with E-state index in [1.807, 2.05) is 0 Å². The number of aliphatic hydroxyl groups excluding tert-OH is 1. The first-order valence-corrected chi connectivity index (χ1v) is 2.70. The fraction of sp³-hybridized carbons (Fsp3) is 0.143. The number of hydrogen-bond donors (Lipinski definition) is 2. The number of hydrogen-bond acceptors (Lipinski definition) is 2. The Morgan fingerprint density at radius 3 is 2.89 bits per heavy atom. The lowest BCUT2D eigenvalue weighted by molar-refractivity contribution is 0.282. The predicted octanol–water partition coefficient (Wildman–Crippen LogP) is 0.561. The highest BCUT2D eigenvalue weighted by Gasteiger charge is 1.91. The van der Waals surface area contributed by atoms with Gasteiger partial charge in [-0.05, 0) is 18.2 Å². The maximum Gasteiger partial charge on any atom is 0.0702 e. The van der Waals surface area contributed by atoms with Crippen LogP contribution in [0.25, 0.3) is 0 Å². The summed E-state index contributed by atoms with van der Waals surface area (Å²) < 4.78 is 0. The van der Waals surface area contributed by atoms with Gasteiger partial charge in [0.1, 0.15) is 0 Å². The van der Waals surface area contributed by atoms with Crippen LogP contribution in [0.15, 0.2) is 18.2 Å². The van der Waals surface area contributed by atoms with Gasteiger partial charge in [0.15, 0.2) is 0 Å². The van der Waals surface area contributed by atoms with Crippen LogP contribution in [0, 0.1) is 6.07 Å². The third-order valence-corrected chi connectivity index (χ3v) is 1.16. The number of anilines is 1. The molecule has 0 spiro atoms. The van der Waals surface area contributed by atoms with Crippen molar-refractivity contribution < 1.29 is 5.11 Å². The van der Waals surface area contributed by atoms with Crippen LogP contribution in [-0.4, -0.2) is 5.11 Å². The molecule has 2 nitrogen and oxygen atoms in total. The topological polar surface area (TPSA) is 46.2 Å². The lowest BCUT2D eigenvalue weighted by Crippen LogP contribution is -1.92. The Bertz CT molecular complexity index is 198. The van der Waals surface area contributed by atoms with Gasteiger partial charge < -0.3 is 10.8 Å². The van der Waals surface area contributed by atoms with Crippen LogP contribution in [0.3, 0.4) is 0 Å². The molecule has 2 heteroatoms. The molecule has 1 rings (SSSR count). The number of aliphatic hydroxyl groups is 1. The summed E-state index contributed by atoms with van der Waals surface area (Å²) in [6.45, 7) is -0.0107. The van der Waals surface area contributed by atoms with Crippen molar-refractivity contribution in [2.75, 3.05) is 5.73 Å². The van der Waals surface area contributed by atoms with Crippen molar-refractivity contribution in [1.82, 2.24) is 0 Å². The Morgan fingerprint density at radius 1 is 1.67 bits per heavy atom. The van der Waals surface area contributed by atoms with Crippen molar-refractivity contribution in [2.45, 2.75) is 6.61 Å². The third-order valence-electron chi connectivity index (χ3n) is 1.16. The molecule has 47 valence electrons. The van der Waals surface area contributed by atoms with Gasteiger partial charge in [-0.1, -0.05) is 6.07 Å². The zero-order valence-corrected chi connectivity index (χ0v) is 4.96. The molecule has 3 N–H and O–H groups in total. The number of benzene rings is 1. The van der Waals surface area contributed by atoms with Crippen molar-refractivity contribution in [3.8, 4) is 0 Å². The van der Waals surface area contributed by atoms with Gasteiger partial charge in [0.2, 0.25) is 0 Å². The predicted molar refractivity (Wildman–Crippen MR) is 35.6 cm³/mol. The van der Waals surface area contributed by atoms with E-state index in [0.29, 0.717) is 5.69 Å². The summed E-state index contributed by atoms with van der Waals surface area (Å²) in [6.07, 6.45) is 0. The quantitative estimate of drug-likeness (QED) is 0.534. The van der Waals surface area contributed by atoms with Crippen molar-refractivity contribution >= 4 is 5.69 Å². The first kappa shape index (κ1) is 6.11. The molecule has 0 aliphatic rings. The molecule has 0 heterocycles. The summed E-state index contributed by atoms with van der Waals surface area (Å²) >= 11 is 0. The van der Waals surface area contributed by atoms with Gasteiger partial charge in [0.25, 0.3) is 0 Å². The van der Waals surface area contributed by atoms with Gasteiger partial charge in [-0.3, -0.25) is 0 Å². The normalized spacial score (nSPS) is 9.44. The highest BCUT2D eigenvalue weighted by atomic mass is 16.3. The van der Waals surface area contributed by atoms with E-state index in [1.54, 1.807) is 18.2 Å². The minimum atomic E-state index is -0.0107. The molecule has 0 amide bonds. The van der Waals surface area contributed by atoms with Gasteiger partial charge >= 0.3 is 0 Å². The molecular weight excluding hydrogens is 114 g/mol. The fourth-order valence-corrected chi connectivity index (χ4v) is 0.614. The second kappa shape index (κ2) is 2.51. The summed E-state index contributed by atoms with van der Waals surface area (Å²) in [5.74, 6) is 0. The molecule has 0 atom stereocenters. The lowest BCUT2D eigenvalue weighted by Gasteiger charge is -1.97. The van der Waals surface area contributed by atoms with Gasteiger partial charge in [0, 0.05) is 11.3 Å². The lowest BCUT2D eigenvalue weighted by atomic mass is 10.2. The molecule has 0 fully saturated rings. The molecule has 0 bridgehead atoms. The first-order valence-electron chi connectivity index (χ1n) is 2.70. The van der Waals surface area contributed by atoms with Gasteiger partial charge in [-0.25, -0.2) is 0 Å². The van der Waals surface area contributed by atoms with E-state index in [0.717, 1.165) is 5.56 Å². The highest BCUT2D eigenvalue weighted by Crippen LogP contribution is 2.08. The molecule has 0 saturated carbocycles. The second-order valence-corrected chi connectivity index (χ2v) is 1.78. The average molecular weight is 122 g/mol. The molecule has 0 aromatic heterocycles. The Kier molecular flexibility index (Phi) is 1.70. The summed E-state index contributed by atoms with van der Waals surface area (Å²) in [4.78, 5) is 0. The van der Waals surface area contributed by atoms with Crippen molar-refractivity contribution in [1.29, 1.82) is 0 Å². The molecule has 0 unspecified atom stereocenters. The smallest absolute Gasteiger partial charge is 0.0702 e. The summed E-state index contributed by atoms with van der Waals surface area (Å²) in [5.41, 5.74) is 6.81. The molecule has 1 aromatic carbocycles. The van der Waals surface area contributed by atoms with E-state index in [4.69, 9.17) is 10.8 Å². The summed E-state index contributed by atoms with van der Waals surface area (Å²) in [7, 11) is 0. The Balaban J connectivity index is 3.01. The third kappa shape index (κ3) is 1.21. The number of nitrogens with two attached hydrogens (primary N) is 1. The average Bonchev–Trinajstić information content (AvgIpc) is 1.89. The maximum absolute atomic E-state index is 8.62. The van der Waals surface area contributed by atoms with Crippen LogP contribution < -0.4 is 5.73 Å². The zero-order chi connectivity index (χ0) is 6.69. The SMILES string of the molecule is Nc1cc[c]cc1CO. The van der Waals surface area contributed by atoms with Crippen LogP contribution in [0.2, 0.25) is 0 Å². The first-order chi connectivity index (χ1) is 4.34. The standard InChI is InChI=1S/C7H8NO/c8-7-4-2-1-3-6(7)5-9/h2-4,9H,5,8H2. The van der Waals surface area contributed by atoms with E-state index in [9.17, 15) is 0 Å². The van der Waals surface area contributed by atoms with E-state index in [1.165, 1.54) is 0 Å². The van der Waals surface area contributed by atoms with Crippen molar-refractivity contribution in [3.05, 3.63) is 29.8 Å². The molecular formula is C7H8NO. The Morgan fingerprint density at radius 2 is 2.44 bits per heavy atom. The Labute approximate surface area is 53.9 Å². The number of nitrogen functional groups attached to an aromatic ring is 1. The molecule has 0 aliphatic carbocycles. The number of rotatable bonds is 1. The van der Waals surface area contributed by atoms with E-state index in [2.05, 4.69) is 6.07 Å². The van der Waals surface area contributed by atoms with Crippen molar-refractivity contribution in [3.63, 3.8) is 0 Å². The fourth-order valence-electron chi connectivity index (χ4n) is 0.614. The summed E-state index contributed by atoms with van der Waals surface area (Å²) in [5, 5.41) is 8.62. The van der Waals surface area contributed by atoms with E-state index in [-0.39, 0.29) is 6.61 Å². The van der Waals surface area contributed by atoms with Crippen LogP contribution in [0.4, 0.5) is 5.69 Å². The molecule has 1 aromatic rings. The van der Waals surface area contributed by atoms with Gasteiger partial charge in [-0.2, -0.15) is 0 Å². The minimum Gasteiger partial charge on any atom is -0.398 e. The van der Waals surface area contributed by atoms with E-state index < -0.39 is 0 Å².